The Bertz CT molecular complexity index is 953. The molecule has 0 saturated carbocycles. The molecule has 164 valence electrons. The normalized spacial score (nSPS) is 24.7. The van der Waals surface area contributed by atoms with E-state index in [9.17, 15) is 18.3 Å². The van der Waals surface area contributed by atoms with Gasteiger partial charge < -0.3 is 9.84 Å². The second kappa shape index (κ2) is 8.60. The molecule has 2 aromatic rings. The minimum Gasteiger partial charge on any atom is -0.388 e. The van der Waals surface area contributed by atoms with Crippen molar-refractivity contribution in [2.45, 2.75) is 50.1 Å². The number of hydrogen-bond donors (Lipinski definition) is 1. The molecule has 4 unspecified atom stereocenters. The zero-order valence-corrected chi connectivity index (χ0v) is 17.3. The van der Waals surface area contributed by atoms with Gasteiger partial charge in [-0.05, 0) is 53.7 Å². The molecule has 2 aliphatic heterocycles. The van der Waals surface area contributed by atoms with Crippen LogP contribution >= 0.6 is 0 Å². The van der Waals surface area contributed by atoms with Gasteiger partial charge in [0, 0.05) is 12.6 Å². The van der Waals surface area contributed by atoms with Crippen LogP contribution in [-0.2, 0) is 17.3 Å². The van der Waals surface area contributed by atoms with Crippen molar-refractivity contribution in [3.8, 4) is 0 Å². The van der Waals surface area contributed by atoms with Gasteiger partial charge in [-0.2, -0.15) is 13.2 Å². The maximum Gasteiger partial charge on any atom is 0.416 e. The number of aliphatic hydroxyl groups is 1. The molecular formula is C25H26F3NO2. The van der Waals surface area contributed by atoms with Crippen LogP contribution in [0.4, 0.5) is 13.2 Å². The van der Waals surface area contributed by atoms with E-state index < -0.39 is 23.4 Å². The van der Waals surface area contributed by atoms with Crippen LogP contribution in [0.1, 0.15) is 54.2 Å². The van der Waals surface area contributed by atoms with Gasteiger partial charge in [0.05, 0.1) is 29.9 Å². The summed E-state index contributed by atoms with van der Waals surface area (Å²) in [5, 5.41) is 10.8. The van der Waals surface area contributed by atoms with Crippen LogP contribution in [0.5, 0.6) is 0 Å². The topological polar surface area (TPSA) is 41.8 Å². The van der Waals surface area contributed by atoms with E-state index >= 15 is 0 Å². The number of ether oxygens (including phenoxy) is 1. The molecule has 0 radical (unpaired) electrons. The molecule has 4 rings (SSSR count). The Morgan fingerprint density at radius 1 is 1.16 bits per heavy atom. The highest BCUT2D eigenvalue weighted by atomic mass is 19.4. The van der Waals surface area contributed by atoms with Crippen LogP contribution in [0.25, 0.3) is 0 Å². The number of nitrogens with zero attached hydrogens (tertiary/aromatic N) is 1. The van der Waals surface area contributed by atoms with Crippen LogP contribution in [-0.4, -0.2) is 23.5 Å². The molecule has 4 atom stereocenters. The van der Waals surface area contributed by atoms with E-state index in [1.165, 1.54) is 23.3 Å². The zero-order valence-electron chi connectivity index (χ0n) is 17.3. The van der Waals surface area contributed by atoms with Gasteiger partial charge in [0.15, 0.2) is 0 Å². The predicted octanol–water partition coefficient (Wildman–Crippen LogP) is 5.85. The Hall–Kier alpha value is -2.44. The van der Waals surface area contributed by atoms with Crippen LogP contribution in [0.15, 0.2) is 65.7 Å². The van der Waals surface area contributed by atoms with Crippen LogP contribution in [0.3, 0.4) is 0 Å². The first-order chi connectivity index (χ1) is 14.8. The van der Waals surface area contributed by atoms with E-state index in [2.05, 4.69) is 24.0 Å². The van der Waals surface area contributed by atoms with Crippen molar-refractivity contribution in [1.29, 1.82) is 0 Å². The van der Waals surface area contributed by atoms with E-state index in [1.54, 1.807) is 6.21 Å². The third-order valence-electron chi connectivity index (χ3n) is 6.44. The van der Waals surface area contributed by atoms with E-state index in [0.717, 1.165) is 25.0 Å². The Labute approximate surface area is 180 Å². The van der Waals surface area contributed by atoms with Crippen molar-refractivity contribution < 1.29 is 23.0 Å². The molecule has 2 aliphatic rings. The predicted molar refractivity (Wildman–Crippen MR) is 114 cm³/mol. The standard InChI is InChI=1S/C25H26F3NO2/c1-17(15-23-21-6-3-2-5-18(21)11-14-31-23)24(12-4-13-29-24)16-22(30)19-7-9-20(10-8-19)25(26,27)28/h2-10,12-13,17,22-23,30H,11,14-16H2,1H3. The van der Waals surface area contributed by atoms with Crippen molar-refractivity contribution >= 4 is 6.21 Å². The molecule has 0 fully saturated rings. The lowest BCUT2D eigenvalue weighted by Crippen LogP contribution is -2.35. The average molecular weight is 429 g/mol. The second-order valence-corrected chi connectivity index (χ2v) is 8.41. The number of allylic oxidation sites excluding steroid dienone is 1. The lowest BCUT2D eigenvalue weighted by Gasteiger charge is -2.36. The van der Waals surface area contributed by atoms with E-state index in [0.29, 0.717) is 18.6 Å². The SMILES string of the molecule is CC(CC1OCCc2ccccc21)C1(CC(O)c2ccc(C(F)(F)F)cc2)C=CC=N1. The van der Waals surface area contributed by atoms with E-state index in [4.69, 9.17) is 4.74 Å². The number of aliphatic imine (C=N–C) groups is 1. The maximum absolute atomic E-state index is 12.8. The van der Waals surface area contributed by atoms with Gasteiger partial charge >= 0.3 is 6.18 Å². The molecule has 0 saturated heterocycles. The van der Waals surface area contributed by atoms with Crippen molar-refractivity contribution in [3.63, 3.8) is 0 Å². The molecule has 2 aromatic carbocycles. The lowest BCUT2D eigenvalue weighted by molar-refractivity contribution is -0.137. The quantitative estimate of drug-likeness (QED) is 0.626. The summed E-state index contributed by atoms with van der Waals surface area (Å²) < 4.78 is 44.6. The van der Waals surface area contributed by atoms with Crippen molar-refractivity contribution in [2.24, 2.45) is 10.9 Å². The molecule has 0 amide bonds. The number of hydrogen-bond acceptors (Lipinski definition) is 3. The minimum absolute atomic E-state index is 0.0377. The highest BCUT2D eigenvalue weighted by molar-refractivity contribution is 5.75. The Kier molecular flexibility index (Phi) is 6.04. The molecule has 1 N–H and O–H groups in total. The summed E-state index contributed by atoms with van der Waals surface area (Å²) in [6, 6.07) is 13.0. The fraction of sp³-hybridized carbons (Fsp3) is 0.400. The van der Waals surface area contributed by atoms with E-state index in [1.807, 2.05) is 24.3 Å². The van der Waals surface area contributed by atoms with Crippen LogP contribution in [0.2, 0.25) is 0 Å². The Morgan fingerprint density at radius 2 is 1.90 bits per heavy atom. The third-order valence-corrected chi connectivity index (χ3v) is 6.44. The summed E-state index contributed by atoms with van der Waals surface area (Å²) in [5.74, 6) is 0.0581. The summed E-state index contributed by atoms with van der Waals surface area (Å²) >= 11 is 0. The fourth-order valence-electron chi connectivity index (χ4n) is 4.57. The molecule has 0 spiro atoms. The van der Waals surface area contributed by atoms with Gasteiger partial charge in [-0.3, -0.25) is 4.99 Å². The number of aliphatic hydroxyl groups excluding tert-OH is 1. The van der Waals surface area contributed by atoms with Crippen molar-refractivity contribution in [3.05, 3.63) is 82.9 Å². The smallest absolute Gasteiger partial charge is 0.388 e. The summed E-state index contributed by atoms with van der Waals surface area (Å²) in [5.41, 5.74) is 1.60. The largest absolute Gasteiger partial charge is 0.416 e. The first kappa shape index (κ1) is 21.8. The molecule has 3 nitrogen and oxygen atoms in total. The lowest BCUT2D eigenvalue weighted by atomic mass is 9.76. The number of benzene rings is 2. The Morgan fingerprint density at radius 3 is 2.58 bits per heavy atom. The number of alkyl halides is 3. The second-order valence-electron chi connectivity index (χ2n) is 8.41. The average Bonchev–Trinajstić information content (AvgIpc) is 3.23. The van der Waals surface area contributed by atoms with Gasteiger partial charge in [-0.15, -0.1) is 0 Å². The molecule has 6 heteroatoms. The molecule has 0 aromatic heterocycles. The van der Waals surface area contributed by atoms with Gasteiger partial charge in [0.25, 0.3) is 0 Å². The van der Waals surface area contributed by atoms with Crippen LogP contribution < -0.4 is 0 Å². The molecule has 0 bridgehead atoms. The summed E-state index contributed by atoms with van der Waals surface area (Å²) in [6.45, 7) is 2.77. The third kappa shape index (κ3) is 4.60. The molecule has 0 aliphatic carbocycles. The Balaban J connectivity index is 1.50. The first-order valence-electron chi connectivity index (χ1n) is 10.6. The summed E-state index contributed by atoms with van der Waals surface area (Å²) in [6.07, 6.45) is 2.15. The van der Waals surface area contributed by atoms with Gasteiger partial charge in [-0.25, -0.2) is 0 Å². The van der Waals surface area contributed by atoms with Crippen molar-refractivity contribution in [2.75, 3.05) is 6.61 Å². The first-order valence-corrected chi connectivity index (χ1v) is 10.6. The fourth-order valence-corrected chi connectivity index (χ4v) is 4.57. The maximum atomic E-state index is 12.8. The molecule has 2 heterocycles. The monoisotopic (exact) mass is 429 g/mol. The zero-order chi connectivity index (χ0) is 22.1. The highest BCUT2D eigenvalue weighted by Gasteiger charge is 2.39. The number of halogens is 3. The summed E-state index contributed by atoms with van der Waals surface area (Å²) in [7, 11) is 0. The summed E-state index contributed by atoms with van der Waals surface area (Å²) in [4.78, 5) is 4.68. The molecular weight excluding hydrogens is 403 g/mol. The minimum atomic E-state index is -4.39. The number of fused-ring (bicyclic) bond motifs is 1. The highest BCUT2D eigenvalue weighted by Crippen LogP contribution is 2.42. The molecule has 31 heavy (non-hydrogen) atoms. The number of rotatable bonds is 6. The van der Waals surface area contributed by atoms with Crippen molar-refractivity contribution in [1.82, 2.24) is 0 Å². The van der Waals surface area contributed by atoms with Gasteiger partial charge in [0.1, 0.15) is 0 Å². The van der Waals surface area contributed by atoms with Gasteiger partial charge in [-0.1, -0.05) is 49.4 Å². The van der Waals surface area contributed by atoms with Gasteiger partial charge in [0.2, 0.25) is 0 Å². The van der Waals surface area contributed by atoms with E-state index in [-0.39, 0.29) is 12.0 Å². The van der Waals surface area contributed by atoms with Crippen LogP contribution in [0, 0.1) is 5.92 Å².